The van der Waals surface area contributed by atoms with Crippen LogP contribution in [-0.4, -0.2) is 10.0 Å². The van der Waals surface area contributed by atoms with Gasteiger partial charge >= 0.3 is 0 Å². The standard InChI is InChI=1S/C13H8N4O3/c14-8-9-1-3-10(4-2-9)15-16-12-6-5-11(17(19)20)7-13(12)18/h1-7,18H. The average molecular weight is 268 g/mol. The van der Waals surface area contributed by atoms with Crippen LogP contribution >= 0.6 is 0 Å². The number of azo groups is 1. The smallest absolute Gasteiger partial charge is 0.273 e. The summed E-state index contributed by atoms with van der Waals surface area (Å²) in [5.74, 6) is -0.323. The summed E-state index contributed by atoms with van der Waals surface area (Å²) in [7, 11) is 0. The molecule has 0 amide bonds. The van der Waals surface area contributed by atoms with Gasteiger partial charge in [0.05, 0.1) is 28.3 Å². The van der Waals surface area contributed by atoms with E-state index < -0.39 is 4.92 Å². The van der Waals surface area contributed by atoms with E-state index in [1.807, 2.05) is 6.07 Å². The lowest BCUT2D eigenvalue weighted by Gasteiger charge is -1.97. The van der Waals surface area contributed by atoms with E-state index in [1.54, 1.807) is 24.3 Å². The summed E-state index contributed by atoms with van der Waals surface area (Å²) in [5.41, 5.74) is 0.906. The Morgan fingerprint density at radius 2 is 1.85 bits per heavy atom. The van der Waals surface area contributed by atoms with Gasteiger partial charge < -0.3 is 5.11 Å². The van der Waals surface area contributed by atoms with Crippen molar-refractivity contribution in [2.45, 2.75) is 0 Å². The molecule has 0 fully saturated rings. The lowest BCUT2D eigenvalue weighted by molar-refractivity contribution is -0.384. The Balaban J connectivity index is 2.22. The first-order chi connectivity index (χ1) is 9.60. The number of nitrogens with zero attached hydrogens (tertiary/aromatic N) is 4. The number of phenols is 1. The maximum absolute atomic E-state index is 10.5. The molecule has 20 heavy (non-hydrogen) atoms. The van der Waals surface area contributed by atoms with Crippen LogP contribution in [0.5, 0.6) is 5.75 Å². The monoisotopic (exact) mass is 268 g/mol. The normalized spacial score (nSPS) is 10.3. The fourth-order valence-corrected chi connectivity index (χ4v) is 1.42. The van der Waals surface area contributed by atoms with Crippen molar-refractivity contribution < 1.29 is 10.0 Å². The fraction of sp³-hybridized carbons (Fsp3) is 0. The molecule has 0 aliphatic heterocycles. The Labute approximate surface area is 113 Å². The molecule has 0 aromatic heterocycles. The molecule has 0 heterocycles. The number of non-ortho nitro benzene ring substituents is 1. The predicted octanol–water partition coefficient (Wildman–Crippen LogP) is 3.59. The largest absolute Gasteiger partial charge is 0.505 e. The molecule has 7 nitrogen and oxygen atoms in total. The van der Waals surface area contributed by atoms with E-state index in [0.29, 0.717) is 11.3 Å². The van der Waals surface area contributed by atoms with Gasteiger partial charge in [-0.25, -0.2) is 0 Å². The minimum absolute atomic E-state index is 0.125. The molecule has 0 atom stereocenters. The predicted molar refractivity (Wildman–Crippen MR) is 70.1 cm³/mol. The number of nitriles is 1. The summed E-state index contributed by atoms with van der Waals surface area (Å²) in [4.78, 5) is 9.91. The third-order valence-electron chi connectivity index (χ3n) is 2.44. The number of phenolic OH excluding ortho intramolecular Hbond substituents is 1. The number of aromatic hydroxyl groups is 1. The van der Waals surface area contributed by atoms with Crippen molar-refractivity contribution >= 4 is 17.1 Å². The molecular formula is C13H8N4O3. The molecule has 0 aliphatic carbocycles. The zero-order valence-electron chi connectivity index (χ0n) is 10.1. The highest BCUT2D eigenvalue weighted by molar-refractivity contribution is 5.56. The quantitative estimate of drug-likeness (QED) is 0.520. The number of nitro groups is 1. The summed E-state index contributed by atoms with van der Waals surface area (Å²) < 4.78 is 0. The summed E-state index contributed by atoms with van der Waals surface area (Å²) in [5, 5.41) is 36.4. The van der Waals surface area contributed by atoms with Gasteiger partial charge in [-0.15, -0.1) is 5.11 Å². The molecule has 0 unspecified atom stereocenters. The van der Waals surface area contributed by atoms with Crippen LogP contribution in [-0.2, 0) is 0 Å². The van der Waals surface area contributed by atoms with Crippen molar-refractivity contribution in [1.29, 1.82) is 5.26 Å². The molecule has 0 aliphatic rings. The number of hydrogen-bond donors (Lipinski definition) is 1. The van der Waals surface area contributed by atoms with E-state index in [0.717, 1.165) is 6.07 Å². The van der Waals surface area contributed by atoms with Crippen LogP contribution in [0.4, 0.5) is 17.1 Å². The number of rotatable bonds is 3. The Morgan fingerprint density at radius 3 is 2.40 bits per heavy atom. The van der Waals surface area contributed by atoms with Crippen LogP contribution in [0.15, 0.2) is 52.7 Å². The third kappa shape index (κ3) is 2.94. The molecular weight excluding hydrogens is 260 g/mol. The van der Waals surface area contributed by atoms with E-state index in [9.17, 15) is 15.2 Å². The first-order valence-corrected chi connectivity index (χ1v) is 5.49. The topological polar surface area (TPSA) is 112 Å². The Hall–Kier alpha value is -3.27. The van der Waals surface area contributed by atoms with E-state index >= 15 is 0 Å². The van der Waals surface area contributed by atoms with Crippen molar-refractivity contribution in [3.63, 3.8) is 0 Å². The van der Waals surface area contributed by atoms with Gasteiger partial charge in [-0.1, -0.05) is 0 Å². The van der Waals surface area contributed by atoms with E-state index in [-0.39, 0.29) is 17.1 Å². The Bertz CT molecular complexity index is 717. The minimum Gasteiger partial charge on any atom is -0.505 e. The van der Waals surface area contributed by atoms with Crippen molar-refractivity contribution in [2.75, 3.05) is 0 Å². The first-order valence-electron chi connectivity index (χ1n) is 5.49. The van der Waals surface area contributed by atoms with Crippen LogP contribution in [0.1, 0.15) is 5.56 Å². The summed E-state index contributed by atoms with van der Waals surface area (Å²) in [6, 6.07) is 11.9. The highest BCUT2D eigenvalue weighted by Gasteiger charge is 2.09. The maximum Gasteiger partial charge on any atom is 0.273 e. The molecule has 2 aromatic carbocycles. The molecule has 0 radical (unpaired) electrons. The van der Waals surface area contributed by atoms with Crippen molar-refractivity contribution in [3.05, 3.63) is 58.1 Å². The molecule has 0 spiro atoms. The van der Waals surface area contributed by atoms with Crippen LogP contribution in [0.25, 0.3) is 0 Å². The van der Waals surface area contributed by atoms with Gasteiger partial charge in [-0.3, -0.25) is 10.1 Å². The molecule has 1 N–H and O–H groups in total. The Morgan fingerprint density at radius 1 is 1.15 bits per heavy atom. The van der Waals surface area contributed by atoms with Crippen molar-refractivity contribution in [3.8, 4) is 11.8 Å². The van der Waals surface area contributed by atoms with Crippen LogP contribution in [0.3, 0.4) is 0 Å². The highest BCUT2D eigenvalue weighted by Crippen LogP contribution is 2.31. The fourth-order valence-electron chi connectivity index (χ4n) is 1.42. The molecule has 0 saturated heterocycles. The molecule has 2 rings (SSSR count). The van der Waals surface area contributed by atoms with E-state index in [2.05, 4.69) is 10.2 Å². The first kappa shape index (κ1) is 13.2. The van der Waals surface area contributed by atoms with Crippen LogP contribution in [0, 0.1) is 21.4 Å². The molecule has 0 bridgehead atoms. The molecule has 0 saturated carbocycles. The second kappa shape index (κ2) is 5.58. The number of nitro benzene ring substituents is 1. The zero-order chi connectivity index (χ0) is 14.5. The van der Waals surface area contributed by atoms with Gasteiger partial charge in [0.25, 0.3) is 5.69 Å². The highest BCUT2D eigenvalue weighted by atomic mass is 16.6. The maximum atomic E-state index is 10.5. The lowest BCUT2D eigenvalue weighted by atomic mass is 10.2. The molecule has 2 aromatic rings. The minimum atomic E-state index is -0.610. The summed E-state index contributed by atoms with van der Waals surface area (Å²) in [6.07, 6.45) is 0. The number of benzene rings is 2. The van der Waals surface area contributed by atoms with Crippen LogP contribution in [0.2, 0.25) is 0 Å². The molecule has 7 heteroatoms. The van der Waals surface area contributed by atoms with Crippen molar-refractivity contribution in [2.24, 2.45) is 10.2 Å². The molecule has 98 valence electrons. The Kier molecular flexibility index (Phi) is 3.67. The lowest BCUT2D eigenvalue weighted by Crippen LogP contribution is -1.86. The zero-order valence-corrected chi connectivity index (χ0v) is 10.1. The SMILES string of the molecule is N#Cc1ccc(N=Nc2ccc([N+](=O)[O-])cc2O)cc1. The van der Waals surface area contributed by atoms with Gasteiger partial charge in [0.15, 0.2) is 0 Å². The van der Waals surface area contributed by atoms with Crippen LogP contribution < -0.4 is 0 Å². The van der Waals surface area contributed by atoms with Gasteiger partial charge in [0.2, 0.25) is 0 Å². The summed E-state index contributed by atoms with van der Waals surface area (Å²) in [6.45, 7) is 0. The van der Waals surface area contributed by atoms with Gasteiger partial charge in [0.1, 0.15) is 11.4 Å². The third-order valence-corrected chi connectivity index (χ3v) is 2.44. The van der Waals surface area contributed by atoms with Crippen molar-refractivity contribution in [1.82, 2.24) is 0 Å². The van der Waals surface area contributed by atoms with Gasteiger partial charge in [-0.2, -0.15) is 10.4 Å². The average Bonchev–Trinajstić information content (AvgIpc) is 2.46. The second-order valence-corrected chi connectivity index (χ2v) is 3.79. The second-order valence-electron chi connectivity index (χ2n) is 3.79. The van der Waals surface area contributed by atoms with E-state index in [4.69, 9.17) is 5.26 Å². The summed E-state index contributed by atoms with van der Waals surface area (Å²) >= 11 is 0. The number of hydrogen-bond acceptors (Lipinski definition) is 6. The van der Waals surface area contributed by atoms with Gasteiger partial charge in [-0.05, 0) is 30.3 Å². The van der Waals surface area contributed by atoms with Gasteiger partial charge in [0, 0.05) is 6.07 Å². The van der Waals surface area contributed by atoms with E-state index in [1.165, 1.54) is 12.1 Å².